The summed E-state index contributed by atoms with van der Waals surface area (Å²) < 4.78 is 0. The van der Waals surface area contributed by atoms with Crippen molar-refractivity contribution < 1.29 is 0 Å². The lowest BCUT2D eigenvalue weighted by molar-refractivity contribution is 0.143. The fourth-order valence-corrected chi connectivity index (χ4v) is 5.18. The highest BCUT2D eigenvalue weighted by Crippen LogP contribution is 2.71. The Kier molecular flexibility index (Phi) is 1.55. The van der Waals surface area contributed by atoms with Crippen molar-refractivity contribution >= 4 is 6.21 Å². The van der Waals surface area contributed by atoms with E-state index in [-0.39, 0.29) is 5.41 Å². The number of rotatable bonds is 1. The molecule has 3 unspecified atom stereocenters. The van der Waals surface area contributed by atoms with Crippen LogP contribution in [-0.4, -0.2) is 6.21 Å². The summed E-state index contributed by atoms with van der Waals surface area (Å²) in [5.41, 5.74) is 0.908. The number of hydrogen-bond donors (Lipinski definition) is 1. The third kappa shape index (κ3) is 0.803. The Morgan fingerprint density at radius 1 is 1.36 bits per heavy atom. The fourth-order valence-electron chi connectivity index (χ4n) is 5.18. The third-order valence-corrected chi connectivity index (χ3v) is 5.80. The van der Waals surface area contributed by atoms with Crippen molar-refractivity contribution in [3.05, 3.63) is 0 Å². The van der Waals surface area contributed by atoms with Gasteiger partial charge in [0.15, 0.2) is 0 Å². The van der Waals surface area contributed by atoms with Gasteiger partial charge >= 0.3 is 0 Å². The Hall–Kier alpha value is -0.330. The van der Waals surface area contributed by atoms with E-state index in [0.29, 0.717) is 5.41 Å². The van der Waals surface area contributed by atoms with E-state index < -0.39 is 0 Å². The molecule has 14 heavy (non-hydrogen) atoms. The topological polar surface area (TPSA) is 23.9 Å². The highest BCUT2D eigenvalue weighted by molar-refractivity contribution is 5.64. The largest absolute Gasteiger partial charge is 0.313 e. The molecule has 0 aromatic carbocycles. The van der Waals surface area contributed by atoms with Crippen molar-refractivity contribution in [2.75, 3.05) is 0 Å². The van der Waals surface area contributed by atoms with Gasteiger partial charge in [-0.15, -0.1) is 0 Å². The molecule has 0 heterocycles. The molecule has 1 spiro atoms. The SMILES string of the molecule is CC1CC(C)(C=N)C2C[C@@H]3CC[C@]12C3. The van der Waals surface area contributed by atoms with Gasteiger partial charge in [0.2, 0.25) is 0 Å². The summed E-state index contributed by atoms with van der Waals surface area (Å²) in [5, 5.41) is 7.69. The van der Waals surface area contributed by atoms with E-state index in [1.54, 1.807) is 6.21 Å². The molecule has 0 aromatic rings. The smallest absolute Gasteiger partial charge is 0.00578 e. The lowest BCUT2D eigenvalue weighted by Gasteiger charge is -2.36. The molecule has 3 rings (SSSR count). The van der Waals surface area contributed by atoms with Crippen LogP contribution in [0.1, 0.15) is 46.0 Å². The van der Waals surface area contributed by atoms with Crippen LogP contribution in [0.5, 0.6) is 0 Å². The first kappa shape index (κ1) is 8.94. The van der Waals surface area contributed by atoms with Crippen LogP contribution < -0.4 is 0 Å². The molecule has 78 valence electrons. The lowest BCUT2D eigenvalue weighted by atomic mass is 9.68. The molecular formula is C13H21N. The molecule has 2 bridgehead atoms. The zero-order chi connectivity index (χ0) is 9.97. The molecule has 1 nitrogen and oxygen atoms in total. The second-order valence-corrected chi connectivity index (χ2v) is 6.39. The van der Waals surface area contributed by atoms with Gasteiger partial charge in [-0.2, -0.15) is 0 Å². The molecule has 1 heteroatoms. The van der Waals surface area contributed by atoms with Gasteiger partial charge in [-0.05, 0) is 55.3 Å². The molecule has 1 N–H and O–H groups in total. The summed E-state index contributed by atoms with van der Waals surface area (Å²) >= 11 is 0. The predicted molar refractivity (Wildman–Crippen MR) is 58.6 cm³/mol. The minimum atomic E-state index is 0.245. The Morgan fingerprint density at radius 3 is 2.79 bits per heavy atom. The van der Waals surface area contributed by atoms with Crippen LogP contribution in [0.25, 0.3) is 0 Å². The minimum absolute atomic E-state index is 0.245. The van der Waals surface area contributed by atoms with Crippen molar-refractivity contribution in [1.29, 1.82) is 5.41 Å². The van der Waals surface area contributed by atoms with Crippen molar-refractivity contribution in [2.24, 2.45) is 28.6 Å². The second kappa shape index (κ2) is 2.43. The van der Waals surface area contributed by atoms with E-state index in [1.165, 1.54) is 32.1 Å². The highest BCUT2D eigenvalue weighted by atomic mass is 14.7. The van der Waals surface area contributed by atoms with Crippen molar-refractivity contribution in [1.82, 2.24) is 0 Å². The summed E-state index contributed by atoms with van der Waals surface area (Å²) in [7, 11) is 0. The Bertz CT molecular complexity index is 285. The summed E-state index contributed by atoms with van der Waals surface area (Å²) in [5.74, 6) is 2.73. The molecule has 3 aliphatic rings. The van der Waals surface area contributed by atoms with Crippen LogP contribution in [0.3, 0.4) is 0 Å². The first-order valence-electron chi connectivity index (χ1n) is 6.12. The quantitative estimate of drug-likeness (QED) is 0.613. The maximum absolute atomic E-state index is 7.69. The van der Waals surface area contributed by atoms with Crippen molar-refractivity contribution in [3.8, 4) is 0 Å². The van der Waals surface area contributed by atoms with Crippen molar-refractivity contribution in [2.45, 2.75) is 46.0 Å². The first-order chi connectivity index (χ1) is 6.61. The second-order valence-electron chi connectivity index (χ2n) is 6.39. The maximum Gasteiger partial charge on any atom is 0.00578 e. The Balaban J connectivity index is 2.03. The van der Waals surface area contributed by atoms with E-state index in [1.807, 2.05) is 0 Å². The third-order valence-electron chi connectivity index (χ3n) is 5.80. The lowest BCUT2D eigenvalue weighted by Crippen LogP contribution is -2.32. The van der Waals surface area contributed by atoms with Crippen LogP contribution in [-0.2, 0) is 0 Å². The van der Waals surface area contributed by atoms with E-state index >= 15 is 0 Å². The molecule has 0 aliphatic heterocycles. The molecule has 0 saturated heterocycles. The monoisotopic (exact) mass is 191 g/mol. The molecule has 5 atom stereocenters. The zero-order valence-corrected chi connectivity index (χ0v) is 9.34. The van der Waals surface area contributed by atoms with Gasteiger partial charge in [0.25, 0.3) is 0 Å². The van der Waals surface area contributed by atoms with Gasteiger partial charge in [-0.25, -0.2) is 0 Å². The number of hydrogen-bond acceptors (Lipinski definition) is 1. The van der Waals surface area contributed by atoms with Gasteiger partial charge in [-0.3, -0.25) is 0 Å². The van der Waals surface area contributed by atoms with Gasteiger partial charge < -0.3 is 5.41 Å². The van der Waals surface area contributed by atoms with Gasteiger partial charge in [0.05, 0.1) is 0 Å². The highest BCUT2D eigenvalue weighted by Gasteiger charge is 2.64. The van der Waals surface area contributed by atoms with Crippen LogP contribution in [0.15, 0.2) is 0 Å². The molecule has 3 fully saturated rings. The fraction of sp³-hybridized carbons (Fsp3) is 0.923. The Morgan fingerprint density at radius 2 is 2.14 bits per heavy atom. The summed E-state index contributed by atoms with van der Waals surface area (Å²) in [6.07, 6.45) is 8.90. The van der Waals surface area contributed by atoms with Gasteiger partial charge in [-0.1, -0.05) is 13.8 Å². The molecule has 3 saturated carbocycles. The average molecular weight is 191 g/mol. The molecule has 0 aromatic heterocycles. The molecular weight excluding hydrogens is 170 g/mol. The number of fused-ring (bicyclic) bond motifs is 1. The average Bonchev–Trinajstić information content (AvgIpc) is 2.79. The number of nitrogens with one attached hydrogen (secondary N) is 1. The van der Waals surface area contributed by atoms with Crippen LogP contribution in [0.2, 0.25) is 0 Å². The molecule has 3 aliphatic carbocycles. The van der Waals surface area contributed by atoms with Crippen LogP contribution in [0.4, 0.5) is 0 Å². The summed E-state index contributed by atoms with van der Waals surface area (Å²) in [4.78, 5) is 0. The Labute approximate surface area is 86.8 Å². The predicted octanol–water partition coefficient (Wildman–Crippen LogP) is 3.49. The summed E-state index contributed by atoms with van der Waals surface area (Å²) in [6.45, 7) is 4.77. The maximum atomic E-state index is 7.69. The van der Waals surface area contributed by atoms with Crippen molar-refractivity contribution in [3.63, 3.8) is 0 Å². The van der Waals surface area contributed by atoms with Crippen LogP contribution in [0, 0.1) is 34.0 Å². The minimum Gasteiger partial charge on any atom is -0.313 e. The van der Waals surface area contributed by atoms with Crippen LogP contribution >= 0.6 is 0 Å². The van der Waals surface area contributed by atoms with E-state index in [9.17, 15) is 0 Å². The van der Waals surface area contributed by atoms with E-state index in [2.05, 4.69) is 13.8 Å². The first-order valence-corrected chi connectivity index (χ1v) is 6.12. The van der Waals surface area contributed by atoms with Gasteiger partial charge in [0, 0.05) is 11.6 Å². The van der Waals surface area contributed by atoms with E-state index in [0.717, 1.165) is 17.8 Å². The summed E-state index contributed by atoms with van der Waals surface area (Å²) in [6, 6.07) is 0. The standard InChI is InChI=1S/C13H21N/c1-9-6-12(2,8-14)11-5-10-3-4-13(9,11)7-10/h8-11,14H,3-7H2,1-2H3/t9?,10-,11?,12?,13-/m0/s1. The normalized spacial score (nSPS) is 60.3. The van der Waals surface area contributed by atoms with E-state index in [4.69, 9.17) is 5.41 Å². The van der Waals surface area contributed by atoms with Gasteiger partial charge in [0.1, 0.15) is 0 Å². The molecule has 0 amide bonds. The molecule has 0 radical (unpaired) electrons. The zero-order valence-electron chi connectivity index (χ0n) is 9.34.